The molecule has 0 aliphatic carbocycles. The Morgan fingerprint density at radius 2 is 2.00 bits per heavy atom. The van der Waals surface area contributed by atoms with E-state index in [2.05, 4.69) is 0 Å². The first-order valence-electron chi connectivity index (χ1n) is 5.22. The molecule has 4 heteroatoms. The van der Waals surface area contributed by atoms with Gasteiger partial charge < -0.3 is 14.9 Å². The van der Waals surface area contributed by atoms with Gasteiger partial charge in [-0.25, -0.2) is 0 Å². The Bertz CT molecular complexity index is 336. The maximum atomic E-state index is 10.5. The van der Waals surface area contributed by atoms with Crippen LogP contribution in [0.5, 0.6) is 0 Å². The van der Waals surface area contributed by atoms with E-state index in [1.165, 1.54) is 0 Å². The summed E-state index contributed by atoms with van der Waals surface area (Å²) in [5, 5.41) is 18.9. The van der Waals surface area contributed by atoms with E-state index in [4.69, 9.17) is 9.84 Å². The molecule has 0 aromatic heterocycles. The summed E-state index contributed by atoms with van der Waals surface area (Å²) in [7, 11) is 0. The molecule has 1 rings (SSSR count). The van der Waals surface area contributed by atoms with E-state index in [1.807, 2.05) is 6.07 Å². The van der Waals surface area contributed by atoms with Crippen LogP contribution in [0, 0.1) is 0 Å². The standard InChI is InChI=1S/C12H16O4/c1-2-16-12(15,9-8-11(13)14)10-6-4-3-5-7-10/h3-7,15H,2,8-9H2,1H3,(H,13,14). The number of carbonyl (C=O) groups is 1. The Kier molecular flexibility index (Phi) is 4.46. The summed E-state index contributed by atoms with van der Waals surface area (Å²) in [5.74, 6) is -2.46. The molecule has 16 heavy (non-hydrogen) atoms. The second kappa shape index (κ2) is 5.63. The molecule has 0 radical (unpaired) electrons. The van der Waals surface area contributed by atoms with Crippen LogP contribution in [0.4, 0.5) is 0 Å². The highest BCUT2D eigenvalue weighted by atomic mass is 16.6. The van der Waals surface area contributed by atoms with E-state index < -0.39 is 11.8 Å². The Labute approximate surface area is 94.5 Å². The summed E-state index contributed by atoms with van der Waals surface area (Å²) in [6.45, 7) is 2.08. The van der Waals surface area contributed by atoms with Gasteiger partial charge in [0.15, 0.2) is 5.79 Å². The average Bonchev–Trinajstić information content (AvgIpc) is 2.28. The SMILES string of the molecule is CCOC(O)(CCC(=O)O)c1ccccc1. The molecule has 1 aromatic carbocycles. The average molecular weight is 224 g/mol. The molecule has 1 atom stereocenters. The number of carboxylic acids is 1. The first kappa shape index (κ1) is 12.7. The number of aliphatic carboxylic acids is 1. The first-order valence-corrected chi connectivity index (χ1v) is 5.22. The van der Waals surface area contributed by atoms with Crippen LogP contribution in [-0.4, -0.2) is 22.8 Å². The lowest BCUT2D eigenvalue weighted by molar-refractivity contribution is -0.216. The topological polar surface area (TPSA) is 66.8 Å². The van der Waals surface area contributed by atoms with Gasteiger partial charge in [-0.2, -0.15) is 0 Å². The molecule has 1 unspecified atom stereocenters. The van der Waals surface area contributed by atoms with Gasteiger partial charge in [0.2, 0.25) is 0 Å². The van der Waals surface area contributed by atoms with Crippen molar-refractivity contribution in [3.05, 3.63) is 35.9 Å². The molecular weight excluding hydrogens is 208 g/mol. The highest BCUT2D eigenvalue weighted by Crippen LogP contribution is 2.27. The predicted molar refractivity (Wildman–Crippen MR) is 58.8 cm³/mol. The molecule has 0 heterocycles. The summed E-state index contributed by atoms with van der Waals surface area (Å²) in [5.41, 5.74) is 0.582. The lowest BCUT2D eigenvalue weighted by Gasteiger charge is -2.27. The third kappa shape index (κ3) is 3.32. The molecule has 1 aromatic rings. The summed E-state index contributed by atoms with van der Waals surface area (Å²) in [6.07, 6.45) is -0.0917. The van der Waals surface area contributed by atoms with E-state index in [-0.39, 0.29) is 12.8 Å². The summed E-state index contributed by atoms with van der Waals surface area (Å²) in [4.78, 5) is 10.5. The van der Waals surface area contributed by atoms with E-state index in [9.17, 15) is 9.90 Å². The van der Waals surface area contributed by atoms with Gasteiger partial charge in [-0.05, 0) is 6.92 Å². The summed E-state index contributed by atoms with van der Waals surface area (Å²) < 4.78 is 5.26. The largest absolute Gasteiger partial charge is 0.481 e. The molecule has 2 N–H and O–H groups in total. The quantitative estimate of drug-likeness (QED) is 0.722. The highest BCUT2D eigenvalue weighted by molar-refractivity contribution is 5.66. The van der Waals surface area contributed by atoms with Gasteiger partial charge >= 0.3 is 5.97 Å². The monoisotopic (exact) mass is 224 g/mol. The number of aliphatic hydroxyl groups is 1. The van der Waals surface area contributed by atoms with Crippen LogP contribution < -0.4 is 0 Å². The van der Waals surface area contributed by atoms with Gasteiger partial charge in [0.25, 0.3) is 0 Å². The highest BCUT2D eigenvalue weighted by Gasteiger charge is 2.30. The lowest BCUT2D eigenvalue weighted by atomic mass is 10.0. The number of rotatable bonds is 6. The molecule has 0 aliphatic heterocycles. The predicted octanol–water partition coefficient (Wildman–Crippen LogP) is 1.73. The molecule has 0 saturated carbocycles. The zero-order valence-corrected chi connectivity index (χ0v) is 9.22. The maximum Gasteiger partial charge on any atom is 0.303 e. The summed E-state index contributed by atoms with van der Waals surface area (Å²) in [6, 6.07) is 8.82. The molecule has 4 nitrogen and oxygen atoms in total. The van der Waals surface area contributed by atoms with Crippen molar-refractivity contribution < 1.29 is 19.7 Å². The van der Waals surface area contributed by atoms with Crippen molar-refractivity contribution in [3.8, 4) is 0 Å². The number of benzene rings is 1. The Morgan fingerprint density at radius 1 is 1.38 bits per heavy atom. The molecule has 0 spiro atoms. The minimum absolute atomic E-state index is 0.0419. The zero-order chi connectivity index (χ0) is 12.0. The van der Waals surface area contributed by atoms with Crippen molar-refractivity contribution in [2.45, 2.75) is 25.6 Å². The fraction of sp³-hybridized carbons (Fsp3) is 0.417. The van der Waals surface area contributed by atoms with Gasteiger partial charge in [0.05, 0.1) is 6.42 Å². The van der Waals surface area contributed by atoms with Gasteiger partial charge in [-0.3, -0.25) is 4.79 Å². The fourth-order valence-electron chi connectivity index (χ4n) is 1.51. The lowest BCUT2D eigenvalue weighted by Crippen LogP contribution is -2.30. The fourth-order valence-corrected chi connectivity index (χ4v) is 1.51. The van der Waals surface area contributed by atoms with Crippen LogP contribution in [0.3, 0.4) is 0 Å². The number of hydrogen-bond donors (Lipinski definition) is 2. The van der Waals surface area contributed by atoms with Crippen LogP contribution >= 0.6 is 0 Å². The molecular formula is C12H16O4. The third-order valence-electron chi connectivity index (χ3n) is 2.29. The van der Waals surface area contributed by atoms with Crippen LogP contribution in [0.2, 0.25) is 0 Å². The number of ether oxygens (including phenoxy) is 1. The molecule has 0 aliphatic rings. The van der Waals surface area contributed by atoms with E-state index in [0.717, 1.165) is 0 Å². The van der Waals surface area contributed by atoms with Crippen LogP contribution in [-0.2, 0) is 15.3 Å². The van der Waals surface area contributed by atoms with E-state index in [1.54, 1.807) is 31.2 Å². The van der Waals surface area contributed by atoms with Crippen molar-refractivity contribution in [1.29, 1.82) is 0 Å². The van der Waals surface area contributed by atoms with E-state index in [0.29, 0.717) is 12.2 Å². The first-order chi connectivity index (χ1) is 7.58. The maximum absolute atomic E-state index is 10.5. The van der Waals surface area contributed by atoms with Crippen molar-refractivity contribution in [3.63, 3.8) is 0 Å². The van der Waals surface area contributed by atoms with E-state index >= 15 is 0 Å². The zero-order valence-electron chi connectivity index (χ0n) is 9.22. The third-order valence-corrected chi connectivity index (χ3v) is 2.29. The number of carboxylic acid groups (broad SMARTS) is 1. The van der Waals surface area contributed by atoms with Gasteiger partial charge in [0, 0.05) is 18.6 Å². The molecule has 0 bridgehead atoms. The van der Waals surface area contributed by atoms with Crippen molar-refractivity contribution in [2.75, 3.05) is 6.61 Å². The Balaban J connectivity index is 2.83. The van der Waals surface area contributed by atoms with Crippen molar-refractivity contribution in [2.24, 2.45) is 0 Å². The summed E-state index contributed by atoms with van der Waals surface area (Å²) >= 11 is 0. The van der Waals surface area contributed by atoms with Crippen LogP contribution in [0.1, 0.15) is 25.3 Å². The van der Waals surface area contributed by atoms with Crippen molar-refractivity contribution in [1.82, 2.24) is 0 Å². The van der Waals surface area contributed by atoms with Gasteiger partial charge in [-0.1, -0.05) is 30.3 Å². The Morgan fingerprint density at radius 3 is 2.50 bits per heavy atom. The Hall–Kier alpha value is -1.39. The normalized spacial score (nSPS) is 14.4. The minimum Gasteiger partial charge on any atom is -0.481 e. The van der Waals surface area contributed by atoms with Crippen LogP contribution in [0.25, 0.3) is 0 Å². The number of hydrogen-bond acceptors (Lipinski definition) is 3. The second-order valence-electron chi connectivity index (χ2n) is 3.48. The molecule has 0 fully saturated rings. The second-order valence-corrected chi connectivity index (χ2v) is 3.48. The molecule has 0 amide bonds. The minimum atomic E-state index is -1.51. The van der Waals surface area contributed by atoms with Gasteiger partial charge in [0.1, 0.15) is 0 Å². The van der Waals surface area contributed by atoms with Gasteiger partial charge in [-0.15, -0.1) is 0 Å². The smallest absolute Gasteiger partial charge is 0.303 e. The molecule has 88 valence electrons. The van der Waals surface area contributed by atoms with Crippen LogP contribution in [0.15, 0.2) is 30.3 Å². The van der Waals surface area contributed by atoms with Crippen molar-refractivity contribution >= 4 is 5.97 Å². The molecule has 0 saturated heterocycles.